The van der Waals surface area contributed by atoms with Gasteiger partial charge >= 0.3 is 82.6 Å². The van der Waals surface area contributed by atoms with E-state index in [1.165, 1.54) is 13.1 Å². The minimum atomic E-state index is -0.944. The van der Waals surface area contributed by atoms with E-state index in [4.69, 9.17) is 0 Å². The molecule has 0 atom stereocenters. The van der Waals surface area contributed by atoms with Crippen LogP contribution in [0.15, 0.2) is 0 Å². The van der Waals surface area contributed by atoms with Crippen LogP contribution >= 0.6 is 0 Å². The van der Waals surface area contributed by atoms with Crippen molar-refractivity contribution in [2.75, 3.05) is 13.1 Å². The monoisotopic (exact) mass is 232 g/mol. The molecule has 1 radical (unpaired) electrons. The Labute approximate surface area is 82.9 Å². The summed E-state index contributed by atoms with van der Waals surface area (Å²) < 4.78 is 4.60. The summed E-state index contributed by atoms with van der Waals surface area (Å²) in [4.78, 5) is 0. The standard InChI is InChI=1S/C10H24GeN/c1-7-12(8-2)11(9(3)4)10(5)6/h9-10H,7-8H2,1-6H3. The molecule has 12 heavy (non-hydrogen) atoms. The molecule has 0 aromatic rings. The van der Waals surface area contributed by atoms with Crippen LogP contribution in [0.5, 0.6) is 0 Å². The topological polar surface area (TPSA) is 3.24 Å². The Balaban J connectivity index is 4.26. The first kappa shape index (κ1) is 12.5. The summed E-state index contributed by atoms with van der Waals surface area (Å²) in [6, 6.07) is 0. The molecule has 0 heterocycles. The van der Waals surface area contributed by atoms with Gasteiger partial charge in [0.05, 0.1) is 0 Å². The predicted molar refractivity (Wildman–Crippen MR) is 58.9 cm³/mol. The van der Waals surface area contributed by atoms with Crippen LogP contribution in [0.3, 0.4) is 0 Å². The van der Waals surface area contributed by atoms with E-state index in [-0.39, 0.29) is 0 Å². The molecule has 0 unspecified atom stereocenters. The molecule has 0 fully saturated rings. The Hall–Kier alpha value is 0.503. The SMILES string of the molecule is CC[N](CC)[Ge]([CH](C)C)[CH](C)C. The van der Waals surface area contributed by atoms with Gasteiger partial charge in [0.15, 0.2) is 0 Å². The van der Waals surface area contributed by atoms with Crippen molar-refractivity contribution in [1.82, 2.24) is 3.86 Å². The third-order valence-electron chi connectivity index (χ3n) is 2.31. The third kappa shape index (κ3) is 3.48. The fraction of sp³-hybridized carbons (Fsp3) is 1.00. The van der Waals surface area contributed by atoms with Gasteiger partial charge in [-0.25, -0.2) is 0 Å². The summed E-state index contributed by atoms with van der Waals surface area (Å²) in [6.07, 6.45) is 0. The Bertz CT molecular complexity index is 100. The molecule has 0 aromatic heterocycles. The minimum absolute atomic E-state index is 0.935. The van der Waals surface area contributed by atoms with Crippen LogP contribution in [0.1, 0.15) is 41.5 Å². The van der Waals surface area contributed by atoms with E-state index in [9.17, 15) is 0 Å². The zero-order valence-electron chi connectivity index (χ0n) is 9.52. The van der Waals surface area contributed by atoms with Gasteiger partial charge in [0, 0.05) is 0 Å². The molecular formula is C10H24GeN. The van der Waals surface area contributed by atoms with Crippen molar-refractivity contribution in [3.8, 4) is 0 Å². The molecule has 0 amide bonds. The maximum absolute atomic E-state index is 2.73. The molecule has 0 aliphatic rings. The van der Waals surface area contributed by atoms with Gasteiger partial charge in [0.2, 0.25) is 0 Å². The second kappa shape index (κ2) is 6.03. The van der Waals surface area contributed by atoms with Crippen LogP contribution in [-0.4, -0.2) is 31.5 Å². The number of hydrogen-bond acceptors (Lipinski definition) is 1. The summed E-state index contributed by atoms with van der Waals surface area (Å²) in [5, 5.41) is 0. The molecule has 1 nitrogen and oxygen atoms in total. The quantitative estimate of drug-likeness (QED) is 0.657. The van der Waals surface area contributed by atoms with Crippen LogP contribution < -0.4 is 0 Å². The van der Waals surface area contributed by atoms with Crippen LogP contribution in [0.2, 0.25) is 9.50 Å². The van der Waals surface area contributed by atoms with Gasteiger partial charge in [-0.1, -0.05) is 0 Å². The number of nitrogens with zero attached hydrogens (tertiary/aromatic N) is 1. The normalized spacial score (nSPS) is 12.5. The molecule has 0 bridgehead atoms. The van der Waals surface area contributed by atoms with Gasteiger partial charge in [0.25, 0.3) is 0 Å². The molecule has 0 aliphatic carbocycles. The Morgan fingerprint density at radius 1 is 0.917 bits per heavy atom. The van der Waals surface area contributed by atoms with Crippen molar-refractivity contribution >= 4 is 14.6 Å². The van der Waals surface area contributed by atoms with Crippen LogP contribution in [0.25, 0.3) is 0 Å². The fourth-order valence-electron chi connectivity index (χ4n) is 1.99. The number of rotatable bonds is 5. The van der Waals surface area contributed by atoms with Crippen molar-refractivity contribution in [1.29, 1.82) is 0 Å². The van der Waals surface area contributed by atoms with Gasteiger partial charge in [-0.15, -0.1) is 0 Å². The Kier molecular flexibility index (Phi) is 6.29. The first-order valence-electron chi connectivity index (χ1n) is 5.16. The zero-order valence-corrected chi connectivity index (χ0v) is 11.6. The average molecular weight is 231 g/mol. The first-order valence-corrected chi connectivity index (χ1v) is 8.52. The van der Waals surface area contributed by atoms with Crippen molar-refractivity contribution in [2.24, 2.45) is 0 Å². The number of hydrogen-bond donors (Lipinski definition) is 0. The predicted octanol–water partition coefficient (Wildman–Crippen LogP) is 3.14. The van der Waals surface area contributed by atoms with E-state index in [1.54, 1.807) is 0 Å². The molecule has 0 saturated carbocycles. The van der Waals surface area contributed by atoms with Gasteiger partial charge in [-0.05, 0) is 0 Å². The van der Waals surface area contributed by atoms with Gasteiger partial charge in [-0.2, -0.15) is 0 Å². The summed E-state index contributed by atoms with van der Waals surface area (Å²) in [7, 11) is 0. The second-order valence-electron chi connectivity index (χ2n) is 3.91. The molecule has 0 N–H and O–H groups in total. The van der Waals surface area contributed by atoms with E-state index in [0.29, 0.717) is 0 Å². The molecule has 2 heteroatoms. The molecular weight excluding hydrogens is 207 g/mol. The summed E-state index contributed by atoms with van der Waals surface area (Å²) in [5.41, 5.74) is 0. The maximum atomic E-state index is 2.73. The fourth-order valence-corrected chi connectivity index (χ4v) is 9.38. The molecule has 0 aliphatic heterocycles. The van der Waals surface area contributed by atoms with E-state index in [0.717, 1.165) is 9.50 Å². The van der Waals surface area contributed by atoms with Gasteiger partial charge in [-0.3, -0.25) is 0 Å². The molecule has 0 spiro atoms. The van der Waals surface area contributed by atoms with E-state index in [1.807, 2.05) is 0 Å². The third-order valence-corrected chi connectivity index (χ3v) is 10.1. The zero-order chi connectivity index (χ0) is 9.72. The summed E-state index contributed by atoms with van der Waals surface area (Å²) >= 11 is -0.944. The van der Waals surface area contributed by atoms with Crippen LogP contribution in [0.4, 0.5) is 0 Å². The van der Waals surface area contributed by atoms with Crippen molar-refractivity contribution in [2.45, 2.75) is 51.0 Å². The molecule has 0 rings (SSSR count). The second-order valence-corrected chi connectivity index (χ2v) is 11.9. The van der Waals surface area contributed by atoms with Crippen molar-refractivity contribution in [3.05, 3.63) is 0 Å². The van der Waals surface area contributed by atoms with Gasteiger partial charge < -0.3 is 0 Å². The summed E-state index contributed by atoms with van der Waals surface area (Å²) in [6.45, 7) is 16.7. The molecule has 73 valence electrons. The van der Waals surface area contributed by atoms with Gasteiger partial charge in [0.1, 0.15) is 0 Å². The van der Waals surface area contributed by atoms with E-state index < -0.39 is 14.6 Å². The molecule has 0 aromatic carbocycles. The summed E-state index contributed by atoms with van der Waals surface area (Å²) in [5.74, 6) is 0. The van der Waals surface area contributed by atoms with Crippen molar-refractivity contribution < 1.29 is 0 Å². The van der Waals surface area contributed by atoms with Crippen LogP contribution in [0, 0.1) is 0 Å². The Morgan fingerprint density at radius 3 is 1.33 bits per heavy atom. The van der Waals surface area contributed by atoms with E-state index >= 15 is 0 Å². The van der Waals surface area contributed by atoms with Crippen LogP contribution in [-0.2, 0) is 0 Å². The molecule has 0 saturated heterocycles. The average Bonchev–Trinajstić information content (AvgIpc) is 1.98. The first-order chi connectivity index (χ1) is 5.54. The van der Waals surface area contributed by atoms with Crippen molar-refractivity contribution in [3.63, 3.8) is 0 Å². The van der Waals surface area contributed by atoms with E-state index in [2.05, 4.69) is 45.4 Å². The Morgan fingerprint density at radius 2 is 1.25 bits per heavy atom.